The molecule has 0 aliphatic rings. The lowest BCUT2D eigenvalue weighted by molar-refractivity contribution is 0.772. The molecule has 0 unspecified atom stereocenters. The first-order valence-corrected chi connectivity index (χ1v) is 8.62. The van der Waals surface area contributed by atoms with Gasteiger partial charge in [-0.05, 0) is 18.6 Å². The van der Waals surface area contributed by atoms with Gasteiger partial charge in [-0.25, -0.2) is 4.98 Å². The van der Waals surface area contributed by atoms with E-state index in [1.165, 1.54) is 16.0 Å². The molecule has 3 aromatic heterocycles. The number of hydrogen-bond acceptors (Lipinski definition) is 5. The van der Waals surface area contributed by atoms with Crippen molar-refractivity contribution in [3.8, 4) is 11.1 Å². The van der Waals surface area contributed by atoms with E-state index in [0.29, 0.717) is 11.2 Å². The van der Waals surface area contributed by atoms with Gasteiger partial charge in [-0.3, -0.25) is 9.78 Å². The molecule has 1 aromatic carbocycles. The quantitative estimate of drug-likeness (QED) is 0.531. The van der Waals surface area contributed by atoms with Crippen molar-refractivity contribution in [1.82, 2.24) is 14.6 Å². The summed E-state index contributed by atoms with van der Waals surface area (Å²) in [6.07, 6.45) is 5.00. The summed E-state index contributed by atoms with van der Waals surface area (Å²) in [6.45, 7) is 1.78. The molecular formula is C19H14N4OS. The summed E-state index contributed by atoms with van der Waals surface area (Å²) in [5.41, 5.74) is 2.55. The van der Waals surface area contributed by atoms with E-state index in [0.717, 1.165) is 21.5 Å². The van der Waals surface area contributed by atoms with E-state index in [2.05, 4.69) is 15.1 Å². The van der Waals surface area contributed by atoms with Crippen LogP contribution in [0.2, 0.25) is 0 Å². The molecule has 0 amide bonds. The first kappa shape index (κ1) is 15.4. The van der Waals surface area contributed by atoms with Gasteiger partial charge in [0, 0.05) is 28.9 Å². The lowest BCUT2D eigenvalue weighted by atomic mass is 10.1. The van der Waals surface area contributed by atoms with E-state index in [9.17, 15) is 4.79 Å². The number of benzene rings is 1. The van der Waals surface area contributed by atoms with Crippen molar-refractivity contribution in [1.29, 1.82) is 0 Å². The van der Waals surface area contributed by atoms with E-state index >= 15 is 0 Å². The normalized spacial score (nSPS) is 11.4. The fourth-order valence-corrected chi connectivity index (χ4v) is 3.61. The van der Waals surface area contributed by atoms with Gasteiger partial charge >= 0.3 is 0 Å². The Morgan fingerprint density at radius 2 is 2.00 bits per heavy atom. The van der Waals surface area contributed by atoms with Crippen molar-refractivity contribution in [2.75, 3.05) is 0 Å². The number of pyridine rings is 1. The Labute approximate surface area is 147 Å². The summed E-state index contributed by atoms with van der Waals surface area (Å²) in [5.74, 6) is 0.555. The summed E-state index contributed by atoms with van der Waals surface area (Å²) < 4.78 is 1.34. The number of nitrogens with zero attached hydrogens (tertiary/aromatic N) is 4. The molecule has 0 saturated heterocycles. The lowest BCUT2D eigenvalue weighted by Crippen LogP contribution is -2.20. The summed E-state index contributed by atoms with van der Waals surface area (Å²) in [6, 6.07) is 13.6. The van der Waals surface area contributed by atoms with Crippen molar-refractivity contribution in [2.45, 2.75) is 6.92 Å². The zero-order valence-electron chi connectivity index (χ0n) is 13.5. The fourth-order valence-electron chi connectivity index (χ4n) is 2.63. The minimum atomic E-state index is -0.164. The minimum absolute atomic E-state index is 0.164. The Hall–Kier alpha value is -3.12. The third kappa shape index (κ3) is 2.88. The van der Waals surface area contributed by atoms with Crippen LogP contribution < -0.4 is 5.56 Å². The Balaban J connectivity index is 1.89. The van der Waals surface area contributed by atoms with Gasteiger partial charge in [0.15, 0.2) is 0 Å². The van der Waals surface area contributed by atoms with Crippen molar-refractivity contribution in [2.24, 2.45) is 5.10 Å². The number of thiophene rings is 1. The van der Waals surface area contributed by atoms with Crippen LogP contribution in [0, 0.1) is 6.92 Å². The van der Waals surface area contributed by atoms with Gasteiger partial charge < -0.3 is 0 Å². The van der Waals surface area contributed by atoms with Crippen molar-refractivity contribution in [3.63, 3.8) is 0 Å². The van der Waals surface area contributed by atoms with Gasteiger partial charge in [-0.1, -0.05) is 36.4 Å². The van der Waals surface area contributed by atoms with Crippen LogP contribution in [0.3, 0.4) is 0 Å². The molecule has 0 aliphatic heterocycles. The van der Waals surface area contributed by atoms with Gasteiger partial charge in [0.25, 0.3) is 5.56 Å². The Bertz CT molecular complexity index is 1110. The highest BCUT2D eigenvalue weighted by molar-refractivity contribution is 7.17. The standard InChI is InChI=1S/C19H14N4OS/c1-13-22-18-17(16(12-25-18)15-7-3-2-4-8-15)19(24)23(13)21-11-14-6-5-9-20-10-14/h2-12H,1H3. The average Bonchev–Trinajstić information content (AvgIpc) is 3.07. The van der Waals surface area contributed by atoms with Crippen LogP contribution in [0.5, 0.6) is 0 Å². The number of hydrogen-bond donors (Lipinski definition) is 0. The maximum atomic E-state index is 13.0. The molecule has 25 heavy (non-hydrogen) atoms. The van der Waals surface area contributed by atoms with Gasteiger partial charge in [0.2, 0.25) is 0 Å². The molecule has 4 aromatic rings. The molecule has 0 spiro atoms. The second-order valence-corrected chi connectivity index (χ2v) is 6.36. The number of aromatic nitrogens is 3. The van der Waals surface area contributed by atoms with E-state index in [1.54, 1.807) is 25.5 Å². The third-order valence-corrected chi connectivity index (χ3v) is 4.71. The minimum Gasteiger partial charge on any atom is -0.267 e. The summed E-state index contributed by atoms with van der Waals surface area (Å²) in [4.78, 5) is 22.3. The molecule has 6 heteroatoms. The summed E-state index contributed by atoms with van der Waals surface area (Å²) in [7, 11) is 0. The monoisotopic (exact) mass is 346 g/mol. The third-order valence-electron chi connectivity index (χ3n) is 3.84. The smallest absolute Gasteiger partial charge is 0.267 e. The van der Waals surface area contributed by atoms with E-state index in [-0.39, 0.29) is 5.56 Å². The molecule has 0 radical (unpaired) electrons. The molecule has 0 N–H and O–H groups in total. The highest BCUT2D eigenvalue weighted by Crippen LogP contribution is 2.30. The highest BCUT2D eigenvalue weighted by Gasteiger charge is 2.14. The van der Waals surface area contributed by atoms with Gasteiger partial charge in [0.1, 0.15) is 10.7 Å². The SMILES string of the molecule is Cc1nc2scc(-c3ccccc3)c2c(=O)n1N=Cc1cccnc1. The molecule has 0 fully saturated rings. The van der Waals surface area contributed by atoms with E-state index < -0.39 is 0 Å². The van der Waals surface area contributed by atoms with E-state index in [1.807, 2.05) is 47.8 Å². The predicted molar refractivity (Wildman–Crippen MR) is 101 cm³/mol. The van der Waals surface area contributed by atoms with Crippen LogP contribution in [-0.4, -0.2) is 20.9 Å². The highest BCUT2D eigenvalue weighted by atomic mass is 32.1. The molecule has 0 atom stereocenters. The Kier molecular flexibility index (Phi) is 3.95. The zero-order chi connectivity index (χ0) is 17.2. The maximum Gasteiger partial charge on any atom is 0.283 e. The van der Waals surface area contributed by atoms with Crippen LogP contribution >= 0.6 is 11.3 Å². The number of fused-ring (bicyclic) bond motifs is 1. The average molecular weight is 346 g/mol. The lowest BCUT2D eigenvalue weighted by Gasteiger charge is -2.04. The Morgan fingerprint density at radius 3 is 2.76 bits per heavy atom. The largest absolute Gasteiger partial charge is 0.283 e. The predicted octanol–water partition coefficient (Wildman–Crippen LogP) is 3.71. The van der Waals surface area contributed by atoms with Gasteiger partial charge in [-0.2, -0.15) is 9.78 Å². The summed E-state index contributed by atoms with van der Waals surface area (Å²) >= 11 is 1.47. The maximum absolute atomic E-state index is 13.0. The second-order valence-electron chi connectivity index (χ2n) is 5.50. The van der Waals surface area contributed by atoms with Crippen LogP contribution in [-0.2, 0) is 0 Å². The molecule has 5 nitrogen and oxygen atoms in total. The van der Waals surface area contributed by atoms with Gasteiger partial charge in [-0.15, -0.1) is 11.3 Å². The molecule has 0 aliphatic carbocycles. The van der Waals surface area contributed by atoms with Crippen LogP contribution in [0.1, 0.15) is 11.4 Å². The molecule has 4 rings (SSSR count). The summed E-state index contributed by atoms with van der Waals surface area (Å²) in [5, 5.41) is 6.90. The molecule has 0 saturated carbocycles. The Morgan fingerprint density at radius 1 is 1.16 bits per heavy atom. The molecule has 3 heterocycles. The van der Waals surface area contributed by atoms with Crippen molar-refractivity contribution in [3.05, 3.63) is 82.0 Å². The van der Waals surface area contributed by atoms with Crippen LogP contribution in [0.4, 0.5) is 0 Å². The van der Waals surface area contributed by atoms with Crippen molar-refractivity contribution < 1.29 is 0 Å². The number of aryl methyl sites for hydroxylation is 1. The fraction of sp³-hybridized carbons (Fsp3) is 0.0526. The van der Waals surface area contributed by atoms with Crippen LogP contribution in [0.25, 0.3) is 21.3 Å². The second kappa shape index (κ2) is 6.41. The van der Waals surface area contributed by atoms with Gasteiger partial charge in [0.05, 0.1) is 11.6 Å². The number of rotatable bonds is 3. The molecular weight excluding hydrogens is 332 g/mol. The molecule has 122 valence electrons. The van der Waals surface area contributed by atoms with E-state index in [4.69, 9.17) is 0 Å². The zero-order valence-corrected chi connectivity index (χ0v) is 14.3. The first-order chi connectivity index (χ1) is 12.2. The van der Waals surface area contributed by atoms with Crippen LogP contribution in [0.15, 0.2) is 70.1 Å². The topological polar surface area (TPSA) is 60.1 Å². The first-order valence-electron chi connectivity index (χ1n) is 7.75. The van der Waals surface area contributed by atoms with Crippen molar-refractivity contribution >= 4 is 27.8 Å². The molecule has 0 bridgehead atoms.